The van der Waals surface area contributed by atoms with Gasteiger partial charge in [0.15, 0.2) is 0 Å². The fourth-order valence-electron chi connectivity index (χ4n) is 1.95. The minimum absolute atomic E-state index is 0.303. The Bertz CT molecular complexity index is 624. The quantitative estimate of drug-likeness (QED) is 0.769. The van der Waals surface area contributed by atoms with Gasteiger partial charge in [0.05, 0.1) is 11.8 Å². The molecule has 3 rings (SSSR count). The number of hydrogen-bond donors (Lipinski definition) is 0. The normalized spacial score (nSPS) is 14.6. The Balaban J connectivity index is 1.94. The Morgan fingerprint density at radius 2 is 2.00 bits per heavy atom. The second-order valence-electron chi connectivity index (χ2n) is 5.43. The molecule has 1 aromatic heterocycles. The summed E-state index contributed by atoms with van der Waals surface area (Å²) in [7, 11) is 0. The van der Waals surface area contributed by atoms with Crippen LogP contribution in [-0.2, 0) is 0 Å². The van der Waals surface area contributed by atoms with Crippen LogP contribution in [0.3, 0.4) is 0 Å². The van der Waals surface area contributed by atoms with Crippen molar-refractivity contribution in [3.05, 3.63) is 40.8 Å². The van der Waals surface area contributed by atoms with Crippen molar-refractivity contribution >= 4 is 15.9 Å². The molecule has 1 aliphatic rings. The second-order valence-corrected chi connectivity index (χ2v) is 6.25. The van der Waals surface area contributed by atoms with E-state index in [1.54, 1.807) is 0 Å². The van der Waals surface area contributed by atoms with E-state index in [9.17, 15) is 0 Å². The molecule has 1 fully saturated rings. The first kappa shape index (κ1) is 13.6. The van der Waals surface area contributed by atoms with Crippen LogP contribution >= 0.6 is 15.9 Å². The molecule has 0 aliphatic heterocycles. The monoisotopic (exact) mass is 332 g/mol. The van der Waals surface area contributed by atoms with Crippen LogP contribution in [0.2, 0.25) is 0 Å². The molecule has 104 valence electrons. The van der Waals surface area contributed by atoms with Gasteiger partial charge in [-0.3, -0.25) is 0 Å². The molecule has 0 spiro atoms. The lowest BCUT2D eigenvalue weighted by atomic mass is 10.1. The number of benzene rings is 1. The van der Waals surface area contributed by atoms with Gasteiger partial charge in [-0.1, -0.05) is 26.0 Å². The third-order valence-electron chi connectivity index (χ3n) is 3.19. The average Bonchev–Trinajstić information content (AvgIpc) is 3.22. The third-order valence-corrected chi connectivity index (χ3v) is 3.59. The molecule has 3 nitrogen and oxygen atoms in total. The first-order chi connectivity index (χ1) is 9.61. The fourth-order valence-corrected chi connectivity index (χ4v) is 2.35. The van der Waals surface area contributed by atoms with E-state index >= 15 is 0 Å². The zero-order chi connectivity index (χ0) is 14.1. The fraction of sp³-hybridized carbons (Fsp3) is 0.375. The van der Waals surface area contributed by atoms with Crippen LogP contribution in [0.4, 0.5) is 0 Å². The van der Waals surface area contributed by atoms with E-state index in [4.69, 9.17) is 4.74 Å². The maximum atomic E-state index is 5.84. The molecule has 2 aromatic rings. The number of aromatic nitrogens is 2. The van der Waals surface area contributed by atoms with E-state index < -0.39 is 0 Å². The van der Waals surface area contributed by atoms with E-state index in [1.165, 1.54) is 12.8 Å². The predicted octanol–water partition coefficient (Wildman–Crippen LogP) is 4.57. The predicted molar refractivity (Wildman–Crippen MR) is 82.9 cm³/mol. The second kappa shape index (κ2) is 5.52. The minimum Gasteiger partial charge on any atom is -0.490 e. The largest absolute Gasteiger partial charge is 0.490 e. The van der Waals surface area contributed by atoms with Crippen LogP contribution in [-0.4, -0.2) is 16.1 Å². The van der Waals surface area contributed by atoms with Crippen molar-refractivity contribution in [1.82, 2.24) is 9.97 Å². The van der Waals surface area contributed by atoms with Gasteiger partial charge in [-0.15, -0.1) is 0 Å². The first-order valence-electron chi connectivity index (χ1n) is 6.93. The van der Waals surface area contributed by atoms with Gasteiger partial charge in [0.1, 0.15) is 16.2 Å². The topological polar surface area (TPSA) is 35.0 Å². The Kier molecular flexibility index (Phi) is 3.74. The first-order valence-corrected chi connectivity index (χ1v) is 7.72. The molecule has 0 atom stereocenters. The van der Waals surface area contributed by atoms with Gasteiger partial charge in [-0.25, -0.2) is 9.97 Å². The summed E-state index contributed by atoms with van der Waals surface area (Å²) in [6.45, 7) is 4.19. The minimum atomic E-state index is 0.303. The molecule has 0 radical (unpaired) electrons. The van der Waals surface area contributed by atoms with Crippen molar-refractivity contribution in [2.75, 3.05) is 0 Å². The van der Waals surface area contributed by atoms with Crippen molar-refractivity contribution in [2.45, 2.75) is 38.7 Å². The van der Waals surface area contributed by atoms with Crippen molar-refractivity contribution in [3.8, 4) is 17.0 Å². The lowest BCUT2D eigenvalue weighted by Gasteiger charge is -2.09. The van der Waals surface area contributed by atoms with E-state index in [0.29, 0.717) is 12.0 Å². The highest BCUT2D eigenvalue weighted by atomic mass is 79.9. The third kappa shape index (κ3) is 3.18. The molecule has 1 aliphatic carbocycles. The molecule has 20 heavy (non-hydrogen) atoms. The van der Waals surface area contributed by atoms with Crippen LogP contribution < -0.4 is 4.74 Å². The Labute approximate surface area is 127 Å². The van der Waals surface area contributed by atoms with Crippen molar-refractivity contribution in [2.24, 2.45) is 0 Å². The van der Waals surface area contributed by atoms with Gasteiger partial charge in [-0.2, -0.15) is 0 Å². The molecule has 0 saturated heterocycles. The molecule has 4 heteroatoms. The standard InChI is InChI=1S/C16H17BrN2O/c1-10(2)16-18-14(9-15(17)19-16)11-4-3-5-13(8-11)20-12-6-7-12/h3-5,8-10,12H,6-7H2,1-2H3. The molecular formula is C16H17BrN2O. The molecule has 1 aromatic carbocycles. The van der Waals surface area contributed by atoms with Crippen molar-refractivity contribution in [3.63, 3.8) is 0 Å². The van der Waals surface area contributed by atoms with E-state index in [1.807, 2.05) is 18.2 Å². The highest BCUT2D eigenvalue weighted by Crippen LogP contribution is 2.30. The molecule has 1 saturated carbocycles. The summed E-state index contributed by atoms with van der Waals surface area (Å²) in [6.07, 6.45) is 2.75. The highest BCUT2D eigenvalue weighted by molar-refractivity contribution is 9.10. The van der Waals surface area contributed by atoms with Crippen LogP contribution in [0.5, 0.6) is 5.75 Å². The maximum absolute atomic E-state index is 5.84. The van der Waals surface area contributed by atoms with Gasteiger partial charge < -0.3 is 4.74 Å². The van der Waals surface area contributed by atoms with Crippen molar-refractivity contribution in [1.29, 1.82) is 0 Å². The zero-order valence-electron chi connectivity index (χ0n) is 11.6. The van der Waals surface area contributed by atoms with Crippen LogP contribution in [0, 0.1) is 0 Å². The zero-order valence-corrected chi connectivity index (χ0v) is 13.2. The number of halogens is 1. The average molecular weight is 333 g/mol. The SMILES string of the molecule is CC(C)c1nc(Br)cc(-c2cccc(OC3CC3)c2)n1. The van der Waals surface area contributed by atoms with Gasteiger partial charge in [-0.05, 0) is 47.0 Å². The van der Waals surface area contributed by atoms with Gasteiger partial charge in [0.25, 0.3) is 0 Å². The van der Waals surface area contributed by atoms with E-state index in [-0.39, 0.29) is 0 Å². The number of nitrogens with zero attached hydrogens (tertiary/aromatic N) is 2. The Morgan fingerprint density at radius 1 is 1.20 bits per heavy atom. The summed E-state index contributed by atoms with van der Waals surface area (Å²) in [5, 5.41) is 0. The molecule has 0 bridgehead atoms. The van der Waals surface area contributed by atoms with Crippen LogP contribution in [0.15, 0.2) is 34.9 Å². The number of rotatable bonds is 4. The summed E-state index contributed by atoms with van der Waals surface area (Å²) < 4.78 is 6.66. The van der Waals surface area contributed by atoms with Gasteiger partial charge in [0.2, 0.25) is 0 Å². The smallest absolute Gasteiger partial charge is 0.132 e. The summed E-state index contributed by atoms with van der Waals surface area (Å²) in [6, 6.07) is 10.1. The summed E-state index contributed by atoms with van der Waals surface area (Å²) in [4.78, 5) is 9.06. The summed E-state index contributed by atoms with van der Waals surface area (Å²) >= 11 is 3.47. The number of ether oxygens (including phenoxy) is 1. The Morgan fingerprint density at radius 3 is 2.70 bits per heavy atom. The van der Waals surface area contributed by atoms with E-state index in [2.05, 4.69) is 51.9 Å². The van der Waals surface area contributed by atoms with Gasteiger partial charge in [0, 0.05) is 11.5 Å². The molecular weight excluding hydrogens is 316 g/mol. The molecule has 0 unspecified atom stereocenters. The van der Waals surface area contributed by atoms with Crippen molar-refractivity contribution < 1.29 is 4.74 Å². The van der Waals surface area contributed by atoms with E-state index in [0.717, 1.165) is 27.4 Å². The molecule has 0 N–H and O–H groups in total. The van der Waals surface area contributed by atoms with Crippen LogP contribution in [0.25, 0.3) is 11.3 Å². The molecule has 0 amide bonds. The highest BCUT2D eigenvalue weighted by Gasteiger charge is 2.23. The summed E-state index contributed by atoms with van der Waals surface area (Å²) in [5.41, 5.74) is 1.99. The summed E-state index contributed by atoms with van der Waals surface area (Å²) in [5.74, 6) is 2.07. The van der Waals surface area contributed by atoms with Crippen LogP contribution in [0.1, 0.15) is 38.4 Å². The number of hydrogen-bond acceptors (Lipinski definition) is 3. The van der Waals surface area contributed by atoms with Gasteiger partial charge >= 0.3 is 0 Å². The lowest BCUT2D eigenvalue weighted by Crippen LogP contribution is -2.00. The lowest BCUT2D eigenvalue weighted by molar-refractivity contribution is 0.303. The maximum Gasteiger partial charge on any atom is 0.132 e. The molecule has 1 heterocycles. The Hall–Kier alpha value is -1.42.